The summed E-state index contributed by atoms with van der Waals surface area (Å²) in [5, 5.41) is 9.96. The standard InChI is InChI=1S/C32H25N3O3S/c1-37-29-18-24(16-17-28(29)38-22-26-13-9-8-12-25(26)20-33)19-30-31(36)35(21-23-10-4-2-5-11-23)32(39-30)34-27-14-6-3-7-15-27/h2-19H,21-22H2,1H3. The first-order chi connectivity index (χ1) is 19.1. The van der Waals surface area contributed by atoms with E-state index in [4.69, 9.17) is 14.5 Å². The summed E-state index contributed by atoms with van der Waals surface area (Å²) in [6.45, 7) is 0.665. The molecule has 1 saturated heterocycles. The lowest BCUT2D eigenvalue weighted by molar-refractivity contribution is -0.122. The average molecular weight is 532 g/mol. The number of amidine groups is 1. The molecule has 192 valence electrons. The van der Waals surface area contributed by atoms with Gasteiger partial charge < -0.3 is 9.47 Å². The Morgan fingerprint density at radius 2 is 1.64 bits per heavy atom. The maximum Gasteiger partial charge on any atom is 0.267 e. The van der Waals surface area contributed by atoms with Crippen molar-refractivity contribution in [2.24, 2.45) is 4.99 Å². The number of methoxy groups -OCH3 is 1. The minimum absolute atomic E-state index is 0.106. The molecule has 0 unspecified atom stereocenters. The highest BCUT2D eigenvalue weighted by atomic mass is 32.2. The quantitative estimate of drug-likeness (QED) is 0.230. The molecule has 1 heterocycles. The van der Waals surface area contributed by atoms with Crippen molar-refractivity contribution in [2.75, 3.05) is 7.11 Å². The molecular formula is C32H25N3O3S. The summed E-state index contributed by atoms with van der Waals surface area (Å²) in [5.41, 5.74) is 3.98. The molecule has 1 aliphatic heterocycles. The van der Waals surface area contributed by atoms with E-state index in [9.17, 15) is 10.1 Å². The third kappa shape index (κ3) is 6.20. The molecule has 0 spiro atoms. The first-order valence-corrected chi connectivity index (χ1v) is 13.1. The van der Waals surface area contributed by atoms with E-state index in [0.29, 0.717) is 33.7 Å². The molecule has 4 aromatic carbocycles. The highest BCUT2D eigenvalue weighted by Crippen LogP contribution is 2.37. The number of nitrogens with zero attached hydrogens (tertiary/aromatic N) is 3. The lowest BCUT2D eigenvalue weighted by Gasteiger charge is -2.15. The van der Waals surface area contributed by atoms with Gasteiger partial charge in [0.25, 0.3) is 5.91 Å². The number of nitriles is 1. The zero-order chi connectivity index (χ0) is 27.0. The van der Waals surface area contributed by atoms with Gasteiger partial charge in [-0.15, -0.1) is 0 Å². The van der Waals surface area contributed by atoms with Gasteiger partial charge in [0.15, 0.2) is 16.7 Å². The van der Waals surface area contributed by atoms with Gasteiger partial charge in [-0.1, -0.05) is 72.8 Å². The maximum atomic E-state index is 13.5. The van der Waals surface area contributed by atoms with Gasteiger partial charge in [0.05, 0.1) is 35.9 Å². The molecule has 1 amide bonds. The molecule has 4 aromatic rings. The van der Waals surface area contributed by atoms with E-state index < -0.39 is 0 Å². The van der Waals surface area contributed by atoms with E-state index in [1.54, 1.807) is 18.1 Å². The van der Waals surface area contributed by atoms with Crippen molar-refractivity contribution >= 4 is 34.6 Å². The number of carbonyl (C=O) groups is 1. The van der Waals surface area contributed by atoms with Crippen molar-refractivity contribution in [1.29, 1.82) is 5.26 Å². The van der Waals surface area contributed by atoms with Crippen LogP contribution in [0.1, 0.15) is 22.3 Å². The van der Waals surface area contributed by atoms with Gasteiger partial charge in [-0.2, -0.15) is 5.26 Å². The normalized spacial score (nSPS) is 15.0. The summed E-state index contributed by atoms with van der Waals surface area (Å²) in [5.74, 6) is 0.981. The van der Waals surface area contributed by atoms with Crippen molar-refractivity contribution in [3.05, 3.63) is 130 Å². The molecule has 7 heteroatoms. The molecule has 0 bridgehead atoms. The number of ether oxygens (including phenoxy) is 2. The van der Waals surface area contributed by atoms with Crippen LogP contribution in [-0.2, 0) is 17.9 Å². The molecule has 0 atom stereocenters. The van der Waals surface area contributed by atoms with Crippen LogP contribution in [0.5, 0.6) is 11.5 Å². The zero-order valence-electron chi connectivity index (χ0n) is 21.3. The lowest BCUT2D eigenvalue weighted by atomic mass is 10.1. The van der Waals surface area contributed by atoms with Gasteiger partial charge in [0.1, 0.15) is 6.61 Å². The van der Waals surface area contributed by atoms with Crippen LogP contribution in [-0.4, -0.2) is 23.1 Å². The van der Waals surface area contributed by atoms with Gasteiger partial charge in [-0.05, 0) is 59.3 Å². The van der Waals surface area contributed by atoms with Gasteiger partial charge in [0, 0.05) is 5.56 Å². The summed E-state index contributed by atoms with van der Waals surface area (Å²) < 4.78 is 11.6. The summed E-state index contributed by atoms with van der Waals surface area (Å²) in [4.78, 5) is 20.6. The number of benzene rings is 4. The van der Waals surface area contributed by atoms with E-state index in [1.807, 2.05) is 103 Å². The third-order valence-electron chi connectivity index (χ3n) is 6.06. The number of hydrogen-bond donors (Lipinski definition) is 0. The fourth-order valence-corrected chi connectivity index (χ4v) is 5.06. The van der Waals surface area contributed by atoms with Crippen molar-refractivity contribution in [1.82, 2.24) is 4.90 Å². The largest absolute Gasteiger partial charge is 0.493 e. The van der Waals surface area contributed by atoms with Crippen molar-refractivity contribution in [3.63, 3.8) is 0 Å². The van der Waals surface area contributed by atoms with Gasteiger partial charge >= 0.3 is 0 Å². The molecule has 39 heavy (non-hydrogen) atoms. The SMILES string of the molecule is COc1cc(C=C2SC(=Nc3ccccc3)N(Cc3ccccc3)C2=O)ccc1OCc1ccccc1C#N. The van der Waals surface area contributed by atoms with E-state index in [2.05, 4.69) is 6.07 Å². The van der Waals surface area contributed by atoms with Crippen molar-refractivity contribution in [2.45, 2.75) is 13.2 Å². The molecule has 1 fully saturated rings. The second kappa shape index (κ2) is 12.2. The first kappa shape index (κ1) is 25.8. The Balaban J connectivity index is 1.40. The fraction of sp³-hybridized carbons (Fsp3) is 0.0938. The highest BCUT2D eigenvalue weighted by Gasteiger charge is 2.33. The fourth-order valence-electron chi connectivity index (χ4n) is 4.07. The molecule has 0 aliphatic carbocycles. The molecule has 5 rings (SSSR count). The maximum absolute atomic E-state index is 13.5. The van der Waals surface area contributed by atoms with E-state index in [0.717, 1.165) is 22.4 Å². The van der Waals surface area contributed by atoms with Crippen molar-refractivity contribution in [3.8, 4) is 17.6 Å². The number of thioether (sulfide) groups is 1. The minimum Gasteiger partial charge on any atom is -0.493 e. The zero-order valence-corrected chi connectivity index (χ0v) is 22.1. The van der Waals surface area contributed by atoms with Gasteiger partial charge in [-0.25, -0.2) is 4.99 Å². The molecule has 0 N–H and O–H groups in total. The van der Waals surface area contributed by atoms with Crippen LogP contribution in [0.25, 0.3) is 6.08 Å². The predicted octanol–water partition coefficient (Wildman–Crippen LogP) is 6.95. The number of carbonyl (C=O) groups excluding carboxylic acids is 1. The van der Waals surface area contributed by atoms with E-state index in [1.165, 1.54) is 11.8 Å². The Kier molecular flexibility index (Phi) is 8.06. The Bertz CT molecular complexity index is 1580. The number of hydrogen-bond acceptors (Lipinski definition) is 6. The summed E-state index contributed by atoms with van der Waals surface area (Å²) in [6, 6.07) is 34.5. The van der Waals surface area contributed by atoms with Crippen LogP contribution in [0.4, 0.5) is 5.69 Å². The van der Waals surface area contributed by atoms with Crippen LogP contribution in [0.15, 0.2) is 113 Å². The Morgan fingerprint density at radius 3 is 2.38 bits per heavy atom. The molecule has 6 nitrogen and oxygen atoms in total. The summed E-state index contributed by atoms with van der Waals surface area (Å²) in [6.07, 6.45) is 1.84. The van der Waals surface area contributed by atoms with Crippen LogP contribution in [0.3, 0.4) is 0 Å². The molecular weight excluding hydrogens is 506 g/mol. The van der Waals surface area contributed by atoms with Crippen LogP contribution in [0, 0.1) is 11.3 Å². The van der Waals surface area contributed by atoms with E-state index in [-0.39, 0.29) is 12.5 Å². The second-order valence-electron chi connectivity index (χ2n) is 8.69. The number of aliphatic imine (C=N–C) groups is 1. The first-order valence-electron chi connectivity index (χ1n) is 12.3. The number of rotatable bonds is 8. The van der Waals surface area contributed by atoms with E-state index >= 15 is 0 Å². The summed E-state index contributed by atoms with van der Waals surface area (Å²) in [7, 11) is 1.57. The highest BCUT2D eigenvalue weighted by molar-refractivity contribution is 8.18. The van der Waals surface area contributed by atoms with Crippen molar-refractivity contribution < 1.29 is 14.3 Å². The van der Waals surface area contributed by atoms with Gasteiger partial charge in [0.2, 0.25) is 0 Å². The lowest BCUT2D eigenvalue weighted by Crippen LogP contribution is -2.28. The molecule has 0 aromatic heterocycles. The average Bonchev–Trinajstić information content (AvgIpc) is 3.26. The van der Waals surface area contributed by atoms with Crippen LogP contribution in [0.2, 0.25) is 0 Å². The monoisotopic (exact) mass is 531 g/mol. The third-order valence-corrected chi connectivity index (χ3v) is 7.07. The van der Waals surface area contributed by atoms with Crippen LogP contribution < -0.4 is 9.47 Å². The molecule has 0 saturated carbocycles. The minimum atomic E-state index is -0.106. The predicted molar refractivity (Wildman–Crippen MR) is 155 cm³/mol. The van der Waals surface area contributed by atoms with Gasteiger partial charge in [-0.3, -0.25) is 9.69 Å². The summed E-state index contributed by atoms with van der Waals surface area (Å²) >= 11 is 1.35. The van der Waals surface area contributed by atoms with Crippen LogP contribution >= 0.6 is 11.8 Å². The Hall–Kier alpha value is -4.80. The molecule has 0 radical (unpaired) electrons. The smallest absolute Gasteiger partial charge is 0.267 e. The molecule has 1 aliphatic rings. The Morgan fingerprint density at radius 1 is 0.923 bits per heavy atom. The Labute approximate surface area is 231 Å². The number of para-hydroxylation sites is 1. The topological polar surface area (TPSA) is 74.9 Å². The second-order valence-corrected chi connectivity index (χ2v) is 9.69. The number of amides is 1.